The molecule has 0 aliphatic rings. The summed E-state index contributed by atoms with van der Waals surface area (Å²) in [6.45, 7) is 6.79. The topological polar surface area (TPSA) is 27.7 Å². The molecule has 0 aliphatic carbocycles. The van der Waals surface area contributed by atoms with Crippen LogP contribution in [0, 0.1) is 18.6 Å². The molecule has 1 aromatic rings. The summed E-state index contributed by atoms with van der Waals surface area (Å²) in [5, 5.41) is 0. The third kappa shape index (κ3) is 3.42. The molecule has 0 saturated carbocycles. The third-order valence-corrected chi connectivity index (χ3v) is 2.95. The maximum atomic E-state index is 14.4. The van der Waals surface area contributed by atoms with Crippen LogP contribution in [0.2, 0.25) is 0 Å². The molecule has 0 N–H and O–H groups in total. The largest absolute Gasteiger partial charge is 0.524 e. The van der Waals surface area contributed by atoms with Crippen LogP contribution >= 0.6 is 0 Å². The molecule has 0 heterocycles. The highest BCUT2D eigenvalue weighted by molar-refractivity contribution is 6.61. The van der Waals surface area contributed by atoms with Gasteiger partial charge in [-0.1, -0.05) is 20.8 Å². The zero-order chi connectivity index (χ0) is 14.8. The molecule has 0 fully saturated rings. The first-order valence-corrected chi connectivity index (χ1v) is 6.15. The maximum absolute atomic E-state index is 14.4. The van der Waals surface area contributed by atoms with E-state index in [1.54, 1.807) is 27.7 Å². The molecule has 19 heavy (non-hydrogen) atoms. The molecule has 3 radical (unpaired) electrons. The standard InChI is InChI=1S/C12H16BF2O3Si/c1-7-8(13(16-5)17-18-19)6-9(14)10(11(7)15)12(2,3)4/h6H,1-5H3. The lowest BCUT2D eigenvalue weighted by molar-refractivity contribution is -0.113. The summed E-state index contributed by atoms with van der Waals surface area (Å²) in [4.78, 5) is 4.75. The lowest BCUT2D eigenvalue weighted by Gasteiger charge is -2.23. The van der Waals surface area contributed by atoms with E-state index in [1.807, 2.05) is 0 Å². The molecule has 103 valence electrons. The van der Waals surface area contributed by atoms with Crippen molar-refractivity contribution in [3.63, 3.8) is 0 Å². The highest BCUT2D eigenvalue weighted by Crippen LogP contribution is 2.28. The first-order valence-electron chi connectivity index (χ1n) is 5.74. The molecule has 0 unspecified atom stereocenters. The first-order chi connectivity index (χ1) is 8.73. The summed E-state index contributed by atoms with van der Waals surface area (Å²) < 4.78 is 37.8. The summed E-state index contributed by atoms with van der Waals surface area (Å²) in [6.07, 6.45) is 0. The van der Waals surface area contributed by atoms with Gasteiger partial charge in [0.25, 0.3) is 10.5 Å². The molecule has 3 nitrogen and oxygen atoms in total. The van der Waals surface area contributed by atoms with Crippen LogP contribution in [0.4, 0.5) is 8.78 Å². The fraction of sp³-hybridized carbons (Fsp3) is 0.500. The van der Waals surface area contributed by atoms with E-state index in [0.717, 1.165) is 0 Å². The van der Waals surface area contributed by atoms with Crippen molar-refractivity contribution in [2.45, 2.75) is 33.1 Å². The van der Waals surface area contributed by atoms with Crippen LogP contribution in [0.15, 0.2) is 6.07 Å². The average Bonchev–Trinajstić information content (AvgIpc) is 2.29. The van der Waals surface area contributed by atoms with Crippen LogP contribution < -0.4 is 5.46 Å². The van der Waals surface area contributed by atoms with E-state index in [1.165, 1.54) is 13.2 Å². The summed E-state index contributed by atoms with van der Waals surface area (Å²) in [6, 6.07) is 1.21. The molecular formula is C12H16BF2O3Si. The lowest BCUT2D eigenvalue weighted by Crippen LogP contribution is -2.39. The van der Waals surface area contributed by atoms with E-state index in [-0.39, 0.29) is 16.6 Å². The highest BCUT2D eigenvalue weighted by atomic mass is 28.2. The van der Waals surface area contributed by atoms with Gasteiger partial charge in [-0.15, -0.1) is 0 Å². The molecule has 0 spiro atoms. The van der Waals surface area contributed by atoms with Gasteiger partial charge in [-0.2, -0.15) is 0 Å². The Kier molecular flexibility index (Phi) is 5.26. The Labute approximate surface area is 115 Å². The monoisotopic (exact) mass is 285 g/mol. The Morgan fingerprint density at radius 3 is 2.26 bits per heavy atom. The predicted octanol–water partition coefficient (Wildman–Crippen LogP) is 1.94. The minimum Gasteiger partial charge on any atom is -0.409 e. The van der Waals surface area contributed by atoms with Crippen molar-refractivity contribution in [3.05, 3.63) is 28.8 Å². The molecule has 0 saturated heterocycles. The molecule has 0 atom stereocenters. The van der Waals surface area contributed by atoms with Gasteiger partial charge in [0, 0.05) is 12.7 Å². The Hall–Kier alpha value is -0.758. The zero-order valence-electron chi connectivity index (χ0n) is 11.6. The number of halogens is 2. The number of benzene rings is 1. The Morgan fingerprint density at radius 1 is 1.26 bits per heavy atom. The molecular weight excluding hydrogens is 269 g/mol. The number of rotatable bonds is 4. The van der Waals surface area contributed by atoms with Crippen molar-refractivity contribution < 1.29 is 22.8 Å². The SMILES string of the molecule is COB(OO[Si])c1cc(F)c(C(C)(C)C)c(F)c1C. The van der Waals surface area contributed by atoms with Crippen molar-refractivity contribution in [3.8, 4) is 0 Å². The molecule has 1 rings (SSSR count). The first kappa shape index (κ1) is 16.3. The van der Waals surface area contributed by atoms with E-state index in [4.69, 9.17) is 9.46 Å². The normalized spacial score (nSPS) is 11.8. The van der Waals surface area contributed by atoms with Gasteiger partial charge in [0.1, 0.15) is 11.6 Å². The van der Waals surface area contributed by atoms with Gasteiger partial charge in [0.05, 0.1) is 0 Å². The van der Waals surface area contributed by atoms with Gasteiger partial charge in [-0.3, -0.25) is 4.81 Å². The fourth-order valence-corrected chi connectivity index (χ4v) is 2.02. The van der Waals surface area contributed by atoms with Crippen LogP contribution in [0.5, 0.6) is 0 Å². The van der Waals surface area contributed by atoms with Gasteiger partial charge in [-0.25, -0.2) is 8.78 Å². The number of hydrogen-bond donors (Lipinski definition) is 0. The van der Waals surface area contributed by atoms with E-state index in [2.05, 4.69) is 15.1 Å². The van der Waals surface area contributed by atoms with Crippen molar-refractivity contribution >= 4 is 23.1 Å². The van der Waals surface area contributed by atoms with Crippen LogP contribution in [0.3, 0.4) is 0 Å². The minimum atomic E-state index is -1.02. The molecule has 0 aliphatic heterocycles. The summed E-state index contributed by atoms with van der Waals surface area (Å²) in [5.74, 6) is -1.23. The molecule has 7 heteroatoms. The van der Waals surface area contributed by atoms with Crippen molar-refractivity contribution in [1.29, 1.82) is 0 Å². The smallest absolute Gasteiger partial charge is 0.409 e. The van der Waals surface area contributed by atoms with Crippen molar-refractivity contribution in [2.75, 3.05) is 7.11 Å². The Bertz CT molecular complexity index is 463. The van der Waals surface area contributed by atoms with Gasteiger partial charge in [-0.05, 0) is 29.4 Å². The second-order valence-electron chi connectivity index (χ2n) is 5.26. The molecule has 0 amide bonds. The van der Waals surface area contributed by atoms with E-state index in [0.29, 0.717) is 0 Å². The summed E-state index contributed by atoms with van der Waals surface area (Å²) in [7, 11) is 2.99. The highest BCUT2D eigenvalue weighted by Gasteiger charge is 2.31. The summed E-state index contributed by atoms with van der Waals surface area (Å²) in [5.41, 5.74) is -0.0829. The average molecular weight is 285 g/mol. The second-order valence-corrected chi connectivity index (χ2v) is 5.43. The Morgan fingerprint density at radius 2 is 1.84 bits per heavy atom. The molecule has 0 bridgehead atoms. The molecule has 0 aromatic heterocycles. The van der Waals surface area contributed by atoms with Gasteiger partial charge < -0.3 is 9.23 Å². The van der Waals surface area contributed by atoms with Crippen molar-refractivity contribution in [1.82, 2.24) is 0 Å². The quantitative estimate of drug-likeness (QED) is 0.481. The fourth-order valence-electron chi connectivity index (χ4n) is 1.93. The number of hydrogen-bond acceptors (Lipinski definition) is 3. The predicted molar refractivity (Wildman–Crippen MR) is 70.1 cm³/mol. The summed E-state index contributed by atoms with van der Waals surface area (Å²) >= 11 is 0. The lowest BCUT2D eigenvalue weighted by atomic mass is 9.73. The van der Waals surface area contributed by atoms with Crippen molar-refractivity contribution in [2.24, 2.45) is 0 Å². The molecule has 1 aromatic carbocycles. The van der Waals surface area contributed by atoms with E-state index in [9.17, 15) is 8.78 Å². The van der Waals surface area contributed by atoms with Crippen LogP contribution in [0.25, 0.3) is 0 Å². The van der Waals surface area contributed by atoms with E-state index >= 15 is 0 Å². The zero-order valence-corrected chi connectivity index (χ0v) is 12.6. The second kappa shape index (κ2) is 6.13. The third-order valence-electron chi connectivity index (χ3n) is 2.86. The van der Waals surface area contributed by atoms with Crippen LogP contribution in [-0.4, -0.2) is 24.7 Å². The van der Waals surface area contributed by atoms with Crippen LogP contribution in [-0.2, 0) is 19.5 Å². The van der Waals surface area contributed by atoms with Crippen LogP contribution in [0.1, 0.15) is 31.9 Å². The van der Waals surface area contributed by atoms with Gasteiger partial charge in [0.2, 0.25) is 0 Å². The van der Waals surface area contributed by atoms with Gasteiger partial charge in [0.15, 0.2) is 0 Å². The van der Waals surface area contributed by atoms with Gasteiger partial charge >= 0.3 is 7.12 Å². The van der Waals surface area contributed by atoms with E-state index < -0.39 is 24.2 Å². The minimum absolute atomic E-state index is 0.0443. The maximum Gasteiger partial charge on any atom is 0.524 e. The Balaban J connectivity index is 3.40.